The summed E-state index contributed by atoms with van der Waals surface area (Å²) in [5, 5.41) is 0. The van der Waals surface area contributed by atoms with Crippen molar-refractivity contribution in [2.45, 2.75) is 31.7 Å². The summed E-state index contributed by atoms with van der Waals surface area (Å²) in [7, 11) is 1.66. The van der Waals surface area contributed by atoms with Crippen molar-refractivity contribution in [3.8, 4) is 17.0 Å². The normalized spacial score (nSPS) is 14.2. The lowest BCUT2D eigenvalue weighted by atomic mass is 10.1. The minimum Gasteiger partial charge on any atom is -0.496 e. The maximum Gasteiger partial charge on any atom is 0.255 e. The molecule has 1 heterocycles. The summed E-state index contributed by atoms with van der Waals surface area (Å²) >= 11 is 5.86. The third-order valence-corrected chi connectivity index (χ3v) is 4.23. The molecule has 0 N–H and O–H groups in total. The second-order valence-corrected chi connectivity index (χ2v) is 5.74. The van der Waals surface area contributed by atoms with Gasteiger partial charge in [-0.15, -0.1) is 11.6 Å². The molecule has 3 rings (SSSR count). The number of benzene rings is 1. The third kappa shape index (κ3) is 2.58. The van der Waals surface area contributed by atoms with Crippen molar-refractivity contribution in [3.05, 3.63) is 51.8 Å². The summed E-state index contributed by atoms with van der Waals surface area (Å²) in [5.74, 6) is 1.12. The van der Waals surface area contributed by atoms with Gasteiger partial charge in [-0.2, -0.15) is 0 Å². The zero-order valence-electron chi connectivity index (χ0n) is 12.2. The number of hydrogen-bond donors (Lipinski definition) is 0. The van der Waals surface area contributed by atoms with Gasteiger partial charge < -0.3 is 9.30 Å². The molecule has 0 saturated heterocycles. The molecule has 0 amide bonds. The number of halogens is 1. The average Bonchev–Trinajstić information content (AvgIpc) is 3.31. The molecular formula is C17H18ClNO2. The van der Waals surface area contributed by atoms with Crippen molar-refractivity contribution in [1.29, 1.82) is 0 Å². The van der Waals surface area contributed by atoms with Crippen LogP contribution < -0.4 is 10.3 Å². The summed E-state index contributed by atoms with van der Waals surface area (Å²) in [6, 6.07) is 10.2. The van der Waals surface area contributed by atoms with Gasteiger partial charge in [0.15, 0.2) is 0 Å². The first-order chi connectivity index (χ1) is 10.2. The van der Waals surface area contributed by atoms with Crippen molar-refractivity contribution in [1.82, 2.24) is 4.57 Å². The second-order valence-electron chi connectivity index (χ2n) is 5.47. The summed E-state index contributed by atoms with van der Waals surface area (Å²) in [6.07, 6.45) is 2.13. The minimum absolute atomic E-state index is 0.0403. The van der Waals surface area contributed by atoms with E-state index in [-0.39, 0.29) is 11.4 Å². The van der Waals surface area contributed by atoms with E-state index in [9.17, 15) is 4.79 Å². The number of hydrogen-bond acceptors (Lipinski definition) is 2. The number of aryl methyl sites for hydroxylation is 1. The van der Waals surface area contributed by atoms with Crippen LogP contribution in [0.2, 0.25) is 0 Å². The Morgan fingerprint density at radius 3 is 2.62 bits per heavy atom. The lowest BCUT2D eigenvalue weighted by Gasteiger charge is -2.15. The van der Waals surface area contributed by atoms with Crippen LogP contribution in [0.25, 0.3) is 11.3 Å². The highest BCUT2D eigenvalue weighted by Crippen LogP contribution is 2.37. The Morgan fingerprint density at radius 1 is 1.29 bits per heavy atom. The Labute approximate surface area is 129 Å². The summed E-state index contributed by atoms with van der Waals surface area (Å²) in [5.41, 5.74) is 3.77. The van der Waals surface area contributed by atoms with E-state index in [0.29, 0.717) is 11.6 Å². The lowest BCUT2D eigenvalue weighted by molar-refractivity contribution is 0.412. The van der Waals surface area contributed by atoms with Crippen molar-refractivity contribution < 1.29 is 4.74 Å². The first kappa shape index (κ1) is 14.2. The van der Waals surface area contributed by atoms with Crippen LogP contribution in [-0.2, 0) is 5.88 Å². The van der Waals surface area contributed by atoms with E-state index in [1.807, 2.05) is 35.8 Å². The molecule has 1 saturated carbocycles. The van der Waals surface area contributed by atoms with Crippen molar-refractivity contribution in [2.75, 3.05) is 7.11 Å². The number of methoxy groups -OCH3 is 1. The predicted molar refractivity (Wildman–Crippen MR) is 85.3 cm³/mol. The zero-order valence-corrected chi connectivity index (χ0v) is 13.0. The molecule has 1 aliphatic rings. The first-order valence-electron chi connectivity index (χ1n) is 7.11. The van der Waals surface area contributed by atoms with Crippen LogP contribution >= 0.6 is 11.6 Å². The molecule has 0 unspecified atom stereocenters. The Morgan fingerprint density at radius 2 is 2.05 bits per heavy atom. The maximum absolute atomic E-state index is 12.5. The van der Waals surface area contributed by atoms with E-state index in [4.69, 9.17) is 16.3 Å². The number of rotatable bonds is 4. The van der Waals surface area contributed by atoms with Gasteiger partial charge in [0.2, 0.25) is 0 Å². The highest BCUT2D eigenvalue weighted by Gasteiger charge is 2.27. The van der Waals surface area contributed by atoms with Crippen LogP contribution in [0.1, 0.15) is 30.0 Å². The van der Waals surface area contributed by atoms with Gasteiger partial charge in [0.1, 0.15) is 5.75 Å². The lowest BCUT2D eigenvalue weighted by Crippen LogP contribution is -2.23. The fourth-order valence-corrected chi connectivity index (χ4v) is 2.87. The molecule has 1 aromatic carbocycles. The highest BCUT2D eigenvalue weighted by molar-refractivity contribution is 6.17. The van der Waals surface area contributed by atoms with E-state index in [0.717, 1.165) is 35.4 Å². The van der Waals surface area contributed by atoms with Gasteiger partial charge in [-0.3, -0.25) is 4.79 Å². The molecule has 1 aromatic heterocycles. The average molecular weight is 304 g/mol. The van der Waals surface area contributed by atoms with Crippen molar-refractivity contribution in [2.24, 2.45) is 0 Å². The Hall–Kier alpha value is -1.74. The summed E-state index contributed by atoms with van der Waals surface area (Å²) in [4.78, 5) is 12.5. The fourth-order valence-electron chi connectivity index (χ4n) is 2.67. The van der Waals surface area contributed by atoms with Crippen LogP contribution in [0.15, 0.2) is 35.1 Å². The maximum atomic E-state index is 12.5. The molecule has 4 heteroatoms. The monoisotopic (exact) mass is 303 g/mol. The summed E-state index contributed by atoms with van der Waals surface area (Å²) in [6.45, 7) is 2.01. The van der Waals surface area contributed by atoms with Crippen LogP contribution in [0.3, 0.4) is 0 Å². The largest absolute Gasteiger partial charge is 0.496 e. The second kappa shape index (κ2) is 5.57. The quantitative estimate of drug-likeness (QED) is 0.802. The Bertz CT molecular complexity index is 732. The van der Waals surface area contributed by atoms with Gasteiger partial charge in [0.25, 0.3) is 5.56 Å². The fraction of sp³-hybridized carbons (Fsp3) is 0.353. The first-order valence-corrected chi connectivity index (χ1v) is 7.64. The van der Waals surface area contributed by atoms with Crippen LogP contribution in [-0.4, -0.2) is 11.7 Å². The van der Waals surface area contributed by atoms with E-state index in [1.165, 1.54) is 0 Å². The van der Waals surface area contributed by atoms with Crippen LogP contribution in [0.4, 0.5) is 0 Å². The van der Waals surface area contributed by atoms with Gasteiger partial charge in [0.05, 0.1) is 18.7 Å². The van der Waals surface area contributed by atoms with Crippen molar-refractivity contribution in [3.63, 3.8) is 0 Å². The molecule has 0 aliphatic heterocycles. The molecule has 0 radical (unpaired) electrons. The molecule has 0 atom stereocenters. The molecule has 110 valence electrons. The molecule has 0 spiro atoms. The zero-order chi connectivity index (χ0) is 15.0. The minimum atomic E-state index is 0.0403. The van der Waals surface area contributed by atoms with Crippen LogP contribution in [0.5, 0.6) is 5.75 Å². The number of aromatic nitrogens is 1. The van der Waals surface area contributed by atoms with Gasteiger partial charge >= 0.3 is 0 Å². The third-order valence-electron chi connectivity index (χ3n) is 3.94. The summed E-state index contributed by atoms with van der Waals surface area (Å²) < 4.78 is 7.20. The number of nitrogens with zero attached hydrogens (tertiary/aromatic N) is 1. The van der Waals surface area contributed by atoms with Gasteiger partial charge in [-0.05, 0) is 55.2 Å². The van der Waals surface area contributed by atoms with E-state index < -0.39 is 0 Å². The number of pyridine rings is 1. The topological polar surface area (TPSA) is 31.2 Å². The molecule has 2 aromatic rings. The van der Waals surface area contributed by atoms with Gasteiger partial charge in [-0.1, -0.05) is 6.07 Å². The molecule has 21 heavy (non-hydrogen) atoms. The van der Waals surface area contributed by atoms with Gasteiger partial charge in [-0.25, -0.2) is 0 Å². The predicted octanol–water partition coefficient (Wildman–Crippen LogP) is 3.91. The van der Waals surface area contributed by atoms with E-state index in [1.54, 1.807) is 7.11 Å². The SMILES string of the molecule is COc1ccc(-c2ccc(CCl)c(=O)n2C2CC2)cc1C. The molecule has 1 aliphatic carbocycles. The van der Waals surface area contributed by atoms with Crippen LogP contribution in [0, 0.1) is 6.92 Å². The molecular weight excluding hydrogens is 286 g/mol. The number of ether oxygens (including phenoxy) is 1. The standard InChI is InChI=1S/C17H18ClNO2/c1-11-9-12(4-8-16(11)21-2)15-7-3-13(10-18)17(20)19(15)14-5-6-14/h3-4,7-9,14H,5-6,10H2,1-2H3. The van der Waals surface area contributed by atoms with E-state index >= 15 is 0 Å². The van der Waals surface area contributed by atoms with E-state index in [2.05, 4.69) is 6.07 Å². The Balaban J connectivity index is 2.16. The molecule has 3 nitrogen and oxygen atoms in total. The Kier molecular flexibility index (Phi) is 3.77. The highest BCUT2D eigenvalue weighted by atomic mass is 35.5. The molecule has 1 fully saturated rings. The van der Waals surface area contributed by atoms with Gasteiger partial charge in [0, 0.05) is 11.6 Å². The van der Waals surface area contributed by atoms with Crippen molar-refractivity contribution >= 4 is 11.6 Å². The smallest absolute Gasteiger partial charge is 0.255 e. The number of alkyl halides is 1. The molecule has 0 bridgehead atoms.